The fourth-order valence-electron chi connectivity index (χ4n) is 2.21. The lowest BCUT2D eigenvalue weighted by Gasteiger charge is -2.15. The van der Waals surface area contributed by atoms with Crippen LogP contribution in [0.25, 0.3) is 0 Å². The van der Waals surface area contributed by atoms with Crippen molar-refractivity contribution in [2.24, 2.45) is 0 Å². The van der Waals surface area contributed by atoms with Crippen LogP contribution in [0.4, 0.5) is 5.82 Å². The number of rotatable bonds is 7. The molecule has 2 aromatic heterocycles. The Kier molecular flexibility index (Phi) is 5.49. The van der Waals surface area contributed by atoms with E-state index in [9.17, 15) is 0 Å². The summed E-state index contributed by atoms with van der Waals surface area (Å²) in [5.74, 6) is 1.83. The van der Waals surface area contributed by atoms with Gasteiger partial charge in [0.15, 0.2) is 0 Å². The fraction of sp³-hybridized carbons (Fsp3) is 0.438. The van der Waals surface area contributed by atoms with Crippen LogP contribution in [0.15, 0.2) is 30.9 Å². The zero-order valence-corrected chi connectivity index (χ0v) is 12.8. The highest BCUT2D eigenvalue weighted by atomic mass is 16.5. The summed E-state index contributed by atoms with van der Waals surface area (Å²) in [5, 5.41) is 3.10. The second kappa shape index (κ2) is 7.57. The topological polar surface area (TPSA) is 59.9 Å². The van der Waals surface area contributed by atoms with Gasteiger partial charge in [-0.15, -0.1) is 0 Å². The Balaban J connectivity index is 1.94. The molecule has 0 spiro atoms. The monoisotopic (exact) mass is 286 g/mol. The molecule has 0 aliphatic carbocycles. The minimum Gasteiger partial charge on any atom is -0.477 e. The van der Waals surface area contributed by atoms with E-state index in [1.165, 1.54) is 11.9 Å². The first kappa shape index (κ1) is 15.2. The van der Waals surface area contributed by atoms with Crippen molar-refractivity contribution in [2.45, 2.75) is 32.6 Å². The number of aryl methyl sites for hydroxylation is 1. The molecule has 0 saturated carbocycles. The van der Waals surface area contributed by atoms with Gasteiger partial charge in [0.25, 0.3) is 0 Å². The highest BCUT2D eigenvalue weighted by Gasteiger charge is 2.15. The molecule has 2 aromatic rings. The van der Waals surface area contributed by atoms with E-state index in [-0.39, 0.29) is 0 Å². The third-order valence-corrected chi connectivity index (χ3v) is 3.26. The molecule has 0 unspecified atom stereocenters. The predicted molar refractivity (Wildman–Crippen MR) is 83.7 cm³/mol. The van der Waals surface area contributed by atoms with Crippen molar-refractivity contribution in [3.63, 3.8) is 0 Å². The number of hydrogen-bond donors (Lipinski definition) is 1. The zero-order chi connectivity index (χ0) is 15.1. The van der Waals surface area contributed by atoms with Crippen LogP contribution in [0.3, 0.4) is 0 Å². The van der Waals surface area contributed by atoms with Crippen LogP contribution >= 0.6 is 0 Å². The minimum atomic E-state index is 0.309. The SMILES string of the molecule is CNc1ncnc(OCCCc2ccncc2)c1C(C)C. The Hall–Kier alpha value is -2.17. The number of nitrogens with zero attached hydrogens (tertiary/aromatic N) is 3. The minimum absolute atomic E-state index is 0.309. The molecule has 2 rings (SSSR count). The normalized spacial score (nSPS) is 10.7. The van der Waals surface area contributed by atoms with E-state index in [2.05, 4.69) is 34.1 Å². The van der Waals surface area contributed by atoms with Crippen LogP contribution < -0.4 is 10.1 Å². The molecular weight excluding hydrogens is 264 g/mol. The average molecular weight is 286 g/mol. The van der Waals surface area contributed by atoms with Gasteiger partial charge in [-0.3, -0.25) is 4.98 Å². The number of nitrogens with one attached hydrogen (secondary N) is 1. The van der Waals surface area contributed by atoms with Gasteiger partial charge in [-0.2, -0.15) is 0 Å². The Morgan fingerprint density at radius 1 is 1.19 bits per heavy atom. The van der Waals surface area contributed by atoms with Gasteiger partial charge in [0, 0.05) is 19.4 Å². The molecule has 0 aliphatic rings. The molecule has 1 N–H and O–H groups in total. The van der Waals surface area contributed by atoms with Gasteiger partial charge in [0.05, 0.1) is 12.2 Å². The van der Waals surface area contributed by atoms with Gasteiger partial charge in [-0.25, -0.2) is 9.97 Å². The van der Waals surface area contributed by atoms with Crippen molar-refractivity contribution in [3.8, 4) is 5.88 Å². The van der Waals surface area contributed by atoms with E-state index in [0.717, 1.165) is 24.2 Å². The van der Waals surface area contributed by atoms with E-state index in [1.807, 2.05) is 31.6 Å². The lowest BCUT2D eigenvalue weighted by Crippen LogP contribution is -2.08. The third kappa shape index (κ3) is 4.15. The lowest BCUT2D eigenvalue weighted by molar-refractivity contribution is 0.294. The van der Waals surface area contributed by atoms with Gasteiger partial charge >= 0.3 is 0 Å². The molecular formula is C16H22N4O. The molecule has 0 atom stereocenters. The summed E-state index contributed by atoms with van der Waals surface area (Å²) >= 11 is 0. The van der Waals surface area contributed by atoms with Gasteiger partial charge in [-0.1, -0.05) is 13.8 Å². The molecule has 0 bridgehead atoms. The summed E-state index contributed by atoms with van der Waals surface area (Å²) in [5.41, 5.74) is 2.31. The highest BCUT2D eigenvalue weighted by molar-refractivity contribution is 5.50. The van der Waals surface area contributed by atoms with Gasteiger partial charge in [0.2, 0.25) is 5.88 Å². The van der Waals surface area contributed by atoms with Crippen molar-refractivity contribution in [1.82, 2.24) is 15.0 Å². The summed E-state index contributed by atoms with van der Waals surface area (Å²) in [6, 6.07) is 4.06. The molecule has 0 saturated heterocycles. The van der Waals surface area contributed by atoms with Gasteiger partial charge < -0.3 is 10.1 Å². The number of pyridine rings is 1. The third-order valence-electron chi connectivity index (χ3n) is 3.26. The molecule has 0 fully saturated rings. The summed E-state index contributed by atoms with van der Waals surface area (Å²) in [7, 11) is 1.86. The van der Waals surface area contributed by atoms with Crippen LogP contribution in [0.5, 0.6) is 5.88 Å². The molecule has 0 aromatic carbocycles. The van der Waals surface area contributed by atoms with Crippen molar-refractivity contribution < 1.29 is 4.74 Å². The van der Waals surface area contributed by atoms with Crippen molar-refractivity contribution in [2.75, 3.05) is 19.0 Å². The highest BCUT2D eigenvalue weighted by Crippen LogP contribution is 2.29. The lowest BCUT2D eigenvalue weighted by atomic mass is 10.1. The first-order chi connectivity index (χ1) is 10.2. The summed E-state index contributed by atoms with van der Waals surface area (Å²) in [6.07, 6.45) is 7.09. The number of anilines is 1. The molecule has 2 heterocycles. The van der Waals surface area contributed by atoms with Crippen molar-refractivity contribution in [3.05, 3.63) is 42.0 Å². The molecule has 0 radical (unpaired) electrons. The average Bonchev–Trinajstić information content (AvgIpc) is 2.52. The largest absolute Gasteiger partial charge is 0.477 e. The Labute approximate surface area is 125 Å². The van der Waals surface area contributed by atoms with Crippen molar-refractivity contribution in [1.29, 1.82) is 0 Å². The number of ether oxygens (including phenoxy) is 1. The summed E-state index contributed by atoms with van der Waals surface area (Å²) in [4.78, 5) is 12.5. The van der Waals surface area contributed by atoms with Crippen LogP contribution in [0.2, 0.25) is 0 Å². The Morgan fingerprint density at radius 2 is 1.95 bits per heavy atom. The number of hydrogen-bond acceptors (Lipinski definition) is 5. The molecule has 5 nitrogen and oxygen atoms in total. The van der Waals surface area contributed by atoms with E-state index in [1.54, 1.807) is 0 Å². The van der Waals surface area contributed by atoms with Gasteiger partial charge in [0.1, 0.15) is 12.1 Å². The smallest absolute Gasteiger partial charge is 0.222 e. The van der Waals surface area contributed by atoms with Crippen LogP contribution in [-0.4, -0.2) is 28.6 Å². The van der Waals surface area contributed by atoms with Crippen LogP contribution in [0, 0.1) is 0 Å². The maximum Gasteiger partial charge on any atom is 0.222 e. The zero-order valence-electron chi connectivity index (χ0n) is 12.8. The quantitative estimate of drug-likeness (QED) is 0.793. The second-order valence-corrected chi connectivity index (χ2v) is 5.15. The molecule has 0 amide bonds. The predicted octanol–water partition coefficient (Wildman–Crippen LogP) is 3.05. The second-order valence-electron chi connectivity index (χ2n) is 5.15. The first-order valence-corrected chi connectivity index (χ1v) is 7.26. The van der Waals surface area contributed by atoms with E-state index in [4.69, 9.17) is 4.74 Å². The molecule has 21 heavy (non-hydrogen) atoms. The number of aromatic nitrogens is 3. The molecule has 0 aliphatic heterocycles. The molecule has 5 heteroatoms. The maximum atomic E-state index is 5.86. The first-order valence-electron chi connectivity index (χ1n) is 7.26. The fourth-order valence-corrected chi connectivity index (χ4v) is 2.21. The Bertz CT molecular complexity index is 557. The molecule has 112 valence electrons. The Morgan fingerprint density at radius 3 is 2.62 bits per heavy atom. The maximum absolute atomic E-state index is 5.86. The van der Waals surface area contributed by atoms with Crippen LogP contribution in [-0.2, 0) is 6.42 Å². The van der Waals surface area contributed by atoms with E-state index >= 15 is 0 Å². The van der Waals surface area contributed by atoms with Crippen LogP contribution in [0.1, 0.15) is 37.3 Å². The van der Waals surface area contributed by atoms with E-state index < -0.39 is 0 Å². The summed E-state index contributed by atoms with van der Waals surface area (Å²) < 4.78 is 5.86. The summed E-state index contributed by atoms with van der Waals surface area (Å²) in [6.45, 7) is 4.87. The van der Waals surface area contributed by atoms with E-state index in [0.29, 0.717) is 18.4 Å². The van der Waals surface area contributed by atoms with Gasteiger partial charge in [-0.05, 0) is 36.5 Å². The van der Waals surface area contributed by atoms with Crippen molar-refractivity contribution >= 4 is 5.82 Å². The standard InChI is InChI=1S/C16H22N4O/c1-12(2)14-15(17-3)19-11-20-16(14)21-10-4-5-13-6-8-18-9-7-13/h6-9,11-12H,4-5,10H2,1-3H3,(H,17,19,20).